The van der Waals surface area contributed by atoms with E-state index in [0.717, 1.165) is 11.1 Å². The van der Waals surface area contributed by atoms with Crippen LogP contribution in [0, 0.1) is 12.7 Å². The molecule has 0 fully saturated rings. The number of fused-ring (bicyclic) bond motifs is 1. The molecule has 3 aromatic rings. The molecular formula is C22H18ClFO4S. The van der Waals surface area contributed by atoms with E-state index in [1.54, 1.807) is 42.5 Å². The van der Waals surface area contributed by atoms with Crippen molar-refractivity contribution < 1.29 is 21.7 Å². The third-order valence-corrected chi connectivity index (χ3v) is 6.26. The minimum atomic E-state index is -3.90. The van der Waals surface area contributed by atoms with Crippen molar-refractivity contribution in [1.82, 2.24) is 0 Å². The molecule has 0 saturated carbocycles. The van der Waals surface area contributed by atoms with Crippen molar-refractivity contribution in [1.29, 1.82) is 0 Å². The van der Waals surface area contributed by atoms with E-state index in [1.807, 2.05) is 6.92 Å². The van der Waals surface area contributed by atoms with Gasteiger partial charge in [0.05, 0.1) is 4.90 Å². The highest BCUT2D eigenvalue weighted by molar-refractivity contribution is 7.86. The van der Waals surface area contributed by atoms with E-state index < -0.39 is 16.2 Å². The number of halogens is 2. The lowest BCUT2D eigenvalue weighted by atomic mass is 10.00. The number of aryl methyl sites for hydroxylation is 1. The Morgan fingerprint density at radius 1 is 1.10 bits per heavy atom. The number of hydrogen-bond acceptors (Lipinski definition) is 4. The minimum absolute atomic E-state index is 0.0914. The Kier molecular flexibility index (Phi) is 5.34. The summed E-state index contributed by atoms with van der Waals surface area (Å²) >= 11 is 6.22. The van der Waals surface area contributed by atoms with Crippen molar-refractivity contribution in [3.05, 3.63) is 82.6 Å². The average Bonchev–Trinajstić information content (AvgIpc) is 3.09. The first-order chi connectivity index (χ1) is 13.8. The molecule has 150 valence electrons. The van der Waals surface area contributed by atoms with Gasteiger partial charge in [0, 0.05) is 28.1 Å². The lowest BCUT2D eigenvalue weighted by Gasteiger charge is -2.14. The van der Waals surface area contributed by atoms with Crippen LogP contribution in [0.2, 0.25) is 5.02 Å². The summed E-state index contributed by atoms with van der Waals surface area (Å²) in [6.45, 7) is 1.72. The highest BCUT2D eigenvalue weighted by Crippen LogP contribution is 2.42. The molecule has 1 atom stereocenters. The Morgan fingerprint density at radius 3 is 2.55 bits per heavy atom. The molecule has 1 heterocycles. The summed E-state index contributed by atoms with van der Waals surface area (Å²) in [7, 11) is -3.90. The average molecular weight is 433 g/mol. The summed E-state index contributed by atoms with van der Waals surface area (Å²) in [5, 5.41) is 0.458. The van der Waals surface area contributed by atoms with Crippen molar-refractivity contribution in [2.24, 2.45) is 0 Å². The Balaban J connectivity index is 1.54. The second-order valence-corrected chi connectivity index (χ2v) is 8.97. The molecule has 0 spiro atoms. The van der Waals surface area contributed by atoms with Crippen molar-refractivity contribution >= 4 is 21.7 Å². The van der Waals surface area contributed by atoms with Gasteiger partial charge in [-0.3, -0.25) is 4.18 Å². The lowest BCUT2D eigenvalue weighted by molar-refractivity contribution is 0.152. The van der Waals surface area contributed by atoms with Gasteiger partial charge in [-0.2, -0.15) is 8.42 Å². The van der Waals surface area contributed by atoms with Gasteiger partial charge in [0.2, 0.25) is 0 Å². The van der Waals surface area contributed by atoms with Crippen molar-refractivity contribution in [2.45, 2.75) is 24.3 Å². The number of hydrogen-bond donors (Lipinski definition) is 0. The lowest BCUT2D eigenvalue weighted by Crippen LogP contribution is -2.23. The molecule has 1 aliphatic rings. The molecule has 0 N–H and O–H groups in total. The van der Waals surface area contributed by atoms with Gasteiger partial charge in [0.1, 0.15) is 24.3 Å². The molecule has 0 radical (unpaired) electrons. The molecule has 3 aromatic carbocycles. The van der Waals surface area contributed by atoms with Crippen molar-refractivity contribution in [3.63, 3.8) is 0 Å². The van der Waals surface area contributed by atoms with E-state index in [0.29, 0.717) is 28.3 Å². The topological polar surface area (TPSA) is 52.6 Å². The first-order valence-corrected chi connectivity index (χ1v) is 10.8. The molecule has 0 saturated heterocycles. The highest BCUT2D eigenvalue weighted by Gasteiger charge is 2.29. The summed E-state index contributed by atoms with van der Waals surface area (Å²) in [5.41, 5.74) is 2.66. The monoisotopic (exact) mass is 432 g/mol. The number of benzene rings is 3. The molecule has 4 nitrogen and oxygen atoms in total. The van der Waals surface area contributed by atoms with Crippen LogP contribution >= 0.6 is 11.6 Å². The van der Waals surface area contributed by atoms with Crippen LogP contribution in [-0.2, 0) is 20.7 Å². The van der Waals surface area contributed by atoms with Crippen LogP contribution in [0.3, 0.4) is 0 Å². The Morgan fingerprint density at radius 2 is 1.83 bits per heavy atom. The Hall–Kier alpha value is -2.41. The van der Waals surface area contributed by atoms with Crippen molar-refractivity contribution in [2.75, 3.05) is 6.61 Å². The summed E-state index contributed by atoms with van der Waals surface area (Å²) in [6.07, 6.45) is -0.102. The molecule has 4 rings (SSSR count). The van der Waals surface area contributed by atoms with E-state index in [1.165, 1.54) is 18.2 Å². The number of rotatable bonds is 5. The maximum atomic E-state index is 14.3. The van der Waals surface area contributed by atoms with Gasteiger partial charge in [0.25, 0.3) is 10.1 Å². The van der Waals surface area contributed by atoms with Crippen LogP contribution in [0.4, 0.5) is 4.39 Å². The third kappa shape index (κ3) is 4.15. The van der Waals surface area contributed by atoms with Gasteiger partial charge in [0.15, 0.2) is 0 Å². The van der Waals surface area contributed by atoms with Crippen LogP contribution in [0.5, 0.6) is 5.75 Å². The Bertz CT molecular complexity index is 1160. The van der Waals surface area contributed by atoms with Gasteiger partial charge >= 0.3 is 0 Å². The van der Waals surface area contributed by atoms with Gasteiger partial charge in [-0.25, -0.2) is 4.39 Å². The maximum Gasteiger partial charge on any atom is 0.297 e. The molecule has 1 unspecified atom stereocenters. The zero-order chi connectivity index (χ0) is 20.6. The van der Waals surface area contributed by atoms with Crippen molar-refractivity contribution in [3.8, 4) is 16.9 Å². The minimum Gasteiger partial charge on any atom is -0.487 e. The molecule has 0 bridgehead atoms. The summed E-state index contributed by atoms with van der Waals surface area (Å²) in [4.78, 5) is 0.0914. The first kappa shape index (κ1) is 19.9. The second-order valence-electron chi connectivity index (χ2n) is 6.92. The fraction of sp³-hybridized carbons (Fsp3) is 0.182. The van der Waals surface area contributed by atoms with E-state index >= 15 is 0 Å². The second kappa shape index (κ2) is 7.78. The molecule has 0 aromatic heterocycles. The summed E-state index contributed by atoms with van der Waals surface area (Å²) in [6, 6.07) is 16.2. The van der Waals surface area contributed by atoms with Gasteiger partial charge in [-0.1, -0.05) is 47.5 Å². The molecular weight excluding hydrogens is 415 g/mol. The van der Waals surface area contributed by atoms with Gasteiger partial charge in [-0.05, 0) is 37.3 Å². The predicted molar refractivity (Wildman–Crippen MR) is 109 cm³/mol. The zero-order valence-corrected chi connectivity index (χ0v) is 17.1. The van der Waals surface area contributed by atoms with E-state index in [2.05, 4.69) is 0 Å². The van der Waals surface area contributed by atoms with Crippen LogP contribution < -0.4 is 4.74 Å². The molecule has 29 heavy (non-hydrogen) atoms. The van der Waals surface area contributed by atoms with Crippen LogP contribution in [-0.4, -0.2) is 21.1 Å². The van der Waals surface area contributed by atoms with E-state index in [4.69, 9.17) is 20.5 Å². The first-order valence-electron chi connectivity index (χ1n) is 9.03. The SMILES string of the molecule is Cc1ccc(S(=O)(=O)OCC2Cc3cc(Cl)cc(-c4ccccc4F)c3O2)cc1. The van der Waals surface area contributed by atoms with Crippen LogP contribution in [0.1, 0.15) is 11.1 Å². The fourth-order valence-corrected chi connectivity index (χ4v) is 4.48. The standard InChI is InChI=1S/C22H18ClFO4S/c1-14-6-8-18(9-7-14)29(25,26)27-13-17-11-15-10-16(23)12-20(22(15)28-17)19-4-2-3-5-21(19)24/h2-10,12,17H,11,13H2,1H3. The summed E-state index contributed by atoms with van der Waals surface area (Å²) < 4.78 is 50.3. The fourth-order valence-electron chi connectivity index (χ4n) is 3.31. The Labute approximate surface area is 174 Å². The predicted octanol–water partition coefficient (Wildman–Crippen LogP) is 5.16. The smallest absolute Gasteiger partial charge is 0.297 e. The molecule has 0 aliphatic carbocycles. The molecule has 0 amide bonds. The van der Waals surface area contributed by atoms with Gasteiger partial charge in [-0.15, -0.1) is 0 Å². The van der Waals surface area contributed by atoms with E-state index in [-0.39, 0.29) is 17.3 Å². The summed E-state index contributed by atoms with van der Waals surface area (Å²) in [5.74, 6) is 0.114. The third-order valence-electron chi connectivity index (χ3n) is 4.75. The quantitative estimate of drug-likeness (QED) is 0.522. The highest BCUT2D eigenvalue weighted by atomic mass is 35.5. The molecule has 7 heteroatoms. The normalized spacial score (nSPS) is 15.8. The molecule has 1 aliphatic heterocycles. The largest absolute Gasteiger partial charge is 0.487 e. The van der Waals surface area contributed by atoms with E-state index in [9.17, 15) is 12.8 Å². The number of ether oxygens (including phenoxy) is 1. The van der Waals surface area contributed by atoms with Crippen LogP contribution in [0.25, 0.3) is 11.1 Å². The van der Waals surface area contributed by atoms with Crippen LogP contribution in [0.15, 0.2) is 65.6 Å². The zero-order valence-electron chi connectivity index (χ0n) is 15.6. The maximum absolute atomic E-state index is 14.3. The van der Waals surface area contributed by atoms with Gasteiger partial charge < -0.3 is 4.74 Å².